The van der Waals surface area contributed by atoms with Gasteiger partial charge < -0.3 is 15.2 Å². The molecule has 1 heterocycles. The van der Waals surface area contributed by atoms with E-state index in [0.29, 0.717) is 12.0 Å². The van der Waals surface area contributed by atoms with Crippen LogP contribution in [0.1, 0.15) is 17.2 Å². The van der Waals surface area contributed by atoms with Crippen LogP contribution in [-0.4, -0.2) is 6.79 Å². The van der Waals surface area contributed by atoms with E-state index in [1.54, 1.807) is 18.2 Å². The number of fused-ring (bicyclic) bond motifs is 1. The minimum atomic E-state index is -0.374. The third kappa shape index (κ3) is 2.39. The Labute approximate surface area is 110 Å². The van der Waals surface area contributed by atoms with Gasteiger partial charge in [-0.25, -0.2) is 4.39 Å². The average molecular weight is 259 g/mol. The molecule has 0 radical (unpaired) electrons. The standard InChI is InChI=1S/C15H14FNO2/c16-12-4-2-1-3-11(12)13(17)7-10-5-6-14-15(8-10)19-9-18-14/h1-6,8,13H,7,9,17H2. The second kappa shape index (κ2) is 4.90. The predicted octanol–water partition coefficient (Wildman–Crippen LogP) is 2.80. The first-order valence-electron chi connectivity index (χ1n) is 6.12. The smallest absolute Gasteiger partial charge is 0.231 e. The highest BCUT2D eigenvalue weighted by atomic mass is 19.1. The van der Waals surface area contributed by atoms with E-state index < -0.39 is 0 Å². The van der Waals surface area contributed by atoms with E-state index in [9.17, 15) is 4.39 Å². The van der Waals surface area contributed by atoms with Crippen LogP contribution in [0.25, 0.3) is 0 Å². The highest BCUT2D eigenvalue weighted by Gasteiger charge is 2.16. The summed E-state index contributed by atoms with van der Waals surface area (Å²) in [5, 5.41) is 0. The average Bonchev–Trinajstić information content (AvgIpc) is 2.86. The molecule has 3 rings (SSSR count). The lowest BCUT2D eigenvalue weighted by molar-refractivity contribution is 0.174. The Morgan fingerprint density at radius 3 is 2.74 bits per heavy atom. The van der Waals surface area contributed by atoms with Gasteiger partial charge in [-0.15, -0.1) is 0 Å². The third-order valence-corrected chi connectivity index (χ3v) is 3.20. The number of hydrogen-bond acceptors (Lipinski definition) is 3. The van der Waals surface area contributed by atoms with E-state index in [2.05, 4.69) is 0 Å². The quantitative estimate of drug-likeness (QED) is 0.921. The zero-order chi connectivity index (χ0) is 13.2. The minimum Gasteiger partial charge on any atom is -0.454 e. The Balaban J connectivity index is 1.80. The van der Waals surface area contributed by atoms with Crippen molar-refractivity contribution < 1.29 is 13.9 Å². The highest BCUT2D eigenvalue weighted by molar-refractivity contribution is 5.44. The van der Waals surface area contributed by atoms with Crippen molar-refractivity contribution in [2.24, 2.45) is 5.73 Å². The molecule has 0 saturated carbocycles. The van der Waals surface area contributed by atoms with Crippen LogP contribution in [0.15, 0.2) is 42.5 Å². The molecule has 0 bridgehead atoms. The lowest BCUT2D eigenvalue weighted by atomic mass is 9.99. The summed E-state index contributed by atoms with van der Waals surface area (Å²) >= 11 is 0. The molecule has 0 amide bonds. The molecular weight excluding hydrogens is 245 g/mol. The number of rotatable bonds is 3. The maximum absolute atomic E-state index is 13.6. The molecule has 0 fully saturated rings. The molecule has 3 nitrogen and oxygen atoms in total. The molecule has 19 heavy (non-hydrogen) atoms. The Hall–Kier alpha value is -2.07. The van der Waals surface area contributed by atoms with Crippen molar-refractivity contribution in [3.63, 3.8) is 0 Å². The van der Waals surface area contributed by atoms with Gasteiger partial charge in [0.1, 0.15) is 5.82 Å². The van der Waals surface area contributed by atoms with Gasteiger partial charge in [0.25, 0.3) is 0 Å². The monoisotopic (exact) mass is 259 g/mol. The Kier molecular flexibility index (Phi) is 3.09. The summed E-state index contributed by atoms with van der Waals surface area (Å²) in [4.78, 5) is 0. The molecule has 1 atom stereocenters. The van der Waals surface area contributed by atoms with Crippen molar-refractivity contribution in [1.82, 2.24) is 0 Å². The zero-order valence-electron chi connectivity index (χ0n) is 10.3. The summed E-state index contributed by atoms with van der Waals surface area (Å²) in [5.74, 6) is 1.19. The van der Waals surface area contributed by atoms with Gasteiger partial charge in [-0.05, 0) is 30.2 Å². The molecule has 1 aliphatic heterocycles. The van der Waals surface area contributed by atoms with Gasteiger partial charge in [0.2, 0.25) is 6.79 Å². The summed E-state index contributed by atoms with van der Waals surface area (Å²) in [6, 6.07) is 11.9. The predicted molar refractivity (Wildman–Crippen MR) is 69.6 cm³/mol. The van der Waals surface area contributed by atoms with Crippen LogP contribution in [0, 0.1) is 5.82 Å². The van der Waals surface area contributed by atoms with Crippen LogP contribution < -0.4 is 15.2 Å². The van der Waals surface area contributed by atoms with Crippen molar-refractivity contribution in [3.05, 3.63) is 59.4 Å². The fraction of sp³-hybridized carbons (Fsp3) is 0.200. The number of halogens is 1. The van der Waals surface area contributed by atoms with Crippen LogP contribution in [-0.2, 0) is 6.42 Å². The number of ether oxygens (including phenoxy) is 2. The topological polar surface area (TPSA) is 44.5 Å². The fourth-order valence-corrected chi connectivity index (χ4v) is 2.21. The Morgan fingerprint density at radius 2 is 1.89 bits per heavy atom. The normalized spacial score (nSPS) is 14.4. The first-order chi connectivity index (χ1) is 9.24. The first-order valence-corrected chi connectivity index (χ1v) is 6.12. The van der Waals surface area contributed by atoms with E-state index in [-0.39, 0.29) is 18.7 Å². The van der Waals surface area contributed by atoms with Gasteiger partial charge in [0.15, 0.2) is 11.5 Å². The van der Waals surface area contributed by atoms with Crippen molar-refractivity contribution in [3.8, 4) is 11.5 Å². The SMILES string of the molecule is NC(Cc1ccc2c(c1)OCO2)c1ccccc1F. The fourth-order valence-electron chi connectivity index (χ4n) is 2.21. The third-order valence-electron chi connectivity index (χ3n) is 3.20. The van der Waals surface area contributed by atoms with Gasteiger partial charge in [0, 0.05) is 11.6 Å². The summed E-state index contributed by atoms with van der Waals surface area (Å²) in [6.45, 7) is 0.248. The van der Waals surface area contributed by atoms with Crippen molar-refractivity contribution in [1.29, 1.82) is 0 Å². The maximum Gasteiger partial charge on any atom is 0.231 e. The maximum atomic E-state index is 13.6. The van der Waals surface area contributed by atoms with Crippen molar-refractivity contribution in [2.45, 2.75) is 12.5 Å². The molecule has 2 aromatic carbocycles. The van der Waals surface area contributed by atoms with E-state index in [0.717, 1.165) is 17.1 Å². The van der Waals surface area contributed by atoms with Crippen LogP contribution >= 0.6 is 0 Å². The summed E-state index contributed by atoms with van der Waals surface area (Å²) in [5.41, 5.74) is 7.59. The second-order valence-electron chi connectivity index (χ2n) is 4.52. The van der Waals surface area contributed by atoms with Gasteiger partial charge in [-0.2, -0.15) is 0 Å². The number of hydrogen-bond donors (Lipinski definition) is 1. The van der Waals surface area contributed by atoms with Crippen LogP contribution in [0.3, 0.4) is 0 Å². The van der Waals surface area contributed by atoms with Gasteiger partial charge in [-0.3, -0.25) is 0 Å². The van der Waals surface area contributed by atoms with E-state index in [1.165, 1.54) is 6.07 Å². The molecule has 0 aliphatic carbocycles. The first kappa shape index (κ1) is 12.0. The molecule has 4 heteroatoms. The lowest BCUT2D eigenvalue weighted by Gasteiger charge is -2.13. The van der Waals surface area contributed by atoms with Crippen molar-refractivity contribution >= 4 is 0 Å². The highest BCUT2D eigenvalue weighted by Crippen LogP contribution is 2.33. The molecule has 0 spiro atoms. The Bertz CT molecular complexity index is 600. The molecule has 1 unspecified atom stereocenters. The molecule has 2 N–H and O–H groups in total. The van der Waals surface area contributed by atoms with Crippen LogP contribution in [0.4, 0.5) is 4.39 Å². The van der Waals surface area contributed by atoms with Gasteiger partial charge in [0.05, 0.1) is 0 Å². The van der Waals surface area contributed by atoms with Crippen molar-refractivity contribution in [2.75, 3.05) is 6.79 Å². The summed E-state index contributed by atoms with van der Waals surface area (Å²) in [7, 11) is 0. The second-order valence-corrected chi connectivity index (χ2v) is 4.52. The minimum absolute atomic E-state index is 0.248. The van der Waals surface area contributed by atoms with Gasteiger partial charge in [-0.1, -0.05) is 24.3 Å². The van der Waals surface area contributed by atoms with E-state index in [1.807, 2.05) is 18.2 Å². The van der Waals surface area contributed by atoms with E-state index in [4.69, 9.17) is 15.2 Å². The van der Waals surface area contributed by atoms with Crippen LogP contribution in [0.5, 0.6) is 11.5 Å². The Morgan fingerprint density at radius 1 is 1.11 bits per heavy atom. The number of benzene rings is 2. The molecule has 98 valence electrons. The molecule has 1 aliphatic rings. The molecule has 0 saturated heterocycles. The number of nitrogens with two attached hydrogens (primary N) is 1. The lowest BCUT2D eigenvalue weighted by Crippen LogP contribution is -2.14. The van der Waals surface area contributed by atoms with E-state index >= 15 is 0 Å². The summed E-state index contributed by atoms with van der Waals surface area (Å²) < 4.78 is 24.2. The molecular formula is C15H14FNO2. The molecule has 2 aromatic rings. The summed E-state index contributed by atoms with van der Waals surface area (Å²) in [6.07, 6.45) is 0.553. The van der Waals surface area contributed by atoms with Crippen LogP contribution in [0.2, 0.25) is 0 Å². The largest absolute Gasteiger partial charge is 0.454 e. The van der Waals surface area contributed by atoms with Gasteiger partial charge >= 0.3 is 0 Å². The zero-order valence-corrected chi connectivity index (χ0v) is 10.3. The molecule has 0 aromatic heterocycles.